The summed E-state index contributed by atoms with van der Waals surface area (Å²) in [6, 6.07) is 3.51. The number of carbonyl (C=O) groups is 2. The predicted molar refractivity (Wildman–Crippen MR) is 108 cm³/mol. The second-order valence-electron chi connectivity index (χ2n) is 6.83. The zero-order chi connectivity index (χ0) is 20.5. The van der Waals surface area contributed by atoms with E-state index in [2.05, 4.69) is 5.32 Å². The van der Waals surface area contributed by atoms with Crippen LogP contribution in [0.25, 0.3) is 0 Å². The van der Waals surface area contributed by atoms with E-state index in [9.17, 15) is 9.59 Å². The molecule has 0 saturated carbocycles. The smallest absolute Gasteiger partial charge is 0.344 e. The minimum atomic E-state index is -0.717. The summed E-state index contributed by atoms with van der Waals surface area (Å²) in [5.41, 5.74) is 2.60. The van der Waals surface area contributed by atoms with Gasteiger partial charge in [-0.15, -0.1) is 11.3 Å². The van der Waals surface area contributed by atoms with Gasteiger partial charge in [0.25, 0.3) is 0 Å². The standard InChI is InChI=1S/C21H23NO6S/c1-4-27-20(23)16-11-7-5-6-8-14(11)29-19(16)22-18-12-9-10-13(25-2)17(26-3)15(12)21(24)28-18/h9-10,18,22H,4-8H2,1-3H3/t18-/m1/s1. The average molecular weight is 417 g/mol. The molecule has 0 radical (unpaired) electrons. The molecule has 0 bridgehead atoms. The fourth-order valence-corrected chi connectivity index (χ4v) is 5.21. The number of anilines is 1. The third kappa shape index (κ3) is 3.31. The molecule has 1 N–H and O–H groups in total. The fourth-order valence-electron chi connectivity index (χ4n) is 3.91. The number of esters is 2. The van der Waals surface area contributed by atoms with E-state index < -0.39 is 12.2 Å². The Morgan fingerprint density at radius 2 is 2.03 bits per heavy atom. The first-order valence-corrected chi connectivity index (χ1v) is 10.4. The monoisotopic (exact) mass is 417 g/mol. The van der Waals surface area contributed by atoms with Gasteiger partial charge in [-0.3, -0.25) is 0 Å². The molecular weight excluding hydrogens is 394 g/mol. The van der Waals surface area contributed by atoms with Crippen LogP contribution in [0.3, 0.4) is 0 Å². The molecule has 1 aliphatic heterocycles. The maximum absolute atomic E-state index is 12.7. The molecule has 2 heterocycles. The molecule has 29 heavy (non-hydrogen) atoms. The number of carbonyl (C=O) groups excluding carboxylic acids is 2. The van der Waals surface area contributed by atoms with Gasteiger partial charge in [-0.1, -0.05) is 0 Å². The highest BCUT2D eigenvalue weighted by atomic mass is 32.1. The number of rotatable bonds is 6. The van der Waals surface area contributed by atoms with Crippen LogP contribution in [0, 0.1) is 0 Å². The molecule has 4 rings (SSSR count). The van der Waals surface area contributed by atoms with E-state index in [-0.39, 0.29) is 5.97 Å². The lowest BCUT2D eigenvalue weighted by atomic mass is 9.95. The van der Waals surface area contributed by atoms with Crippen LogP contribution in [0.1, 0.15) is 62.7 Å². The first-order valence-electron chi connectivity index (χ1n) is 9.63. The Hall–Kier alpha value is -2.74. The Morgan fingerprint density at radius 1 is 1.24 bits per heavy atom. The molecule has 1 aromatic carbocycles. The quantitative estimate of drug-likeness (QED) is 0.709. The number of fused-ring (bicyclic) bond motifs is 2. The average Bonchev–Trinajstić information content (AvgIpc) is 3.25. The second kappa shape index (κ2) is 7.94. The Bertz CT molecular complexity index is 967. The van der Waals surface area contributed by atoms with Crippen LogP contribution in [0.5, 0.6) is 11.5 Å². The van der Waals surface area contributed by atoms with Crippen LogP contribution in [-0.4, -0.2) is 32.8 Å². The van der Waals surface area contributed by atoms with Crippen molar-refractivity contribution in [3.63, 3.8) is 0 Å². The lowest BCUT2D eigenvalue weighted by Crippen LogP contribution is -2.14. The van der Waals surface area contributed by atoms with Crippen molar-refractivity contribution < 1.29 is 28.5 Å². The van der Waals surface area contributed by atoms with E-state index in [1.54, 1.807) is 19.1 Å². The first-order chi connectivity index (χ1) is 14.1. The zero-order valence-corrected chi connectivity index (χ0v) is 17.4. The van der Waals surface area contributed by atoms with Crippen molar-refractivity contribution in [3.8, 4) is 11.5 Å². The van der Waals surface area contributed by atoms with Gasteiger partial charge in [0.15, 0.2) is 11.5 Å². The van der Waals surface area contributed by atoms with Crippen LogP contribution < -0.4 is 14.8 Å². The molecule has 0 saturated heterocycles. The van der Waals surface area contributed by atoms with Gasteiger partial charge in [-0.25, -0.2) is 9.59 Å². The molecule has 0 fully saturated rings. The number of hydrogen-bond acceptors (Lipinski definition) is 8. The van der Waals surface area contributed by atoms with E-state index in [1.807, 2.05) is 0 Å². The summed E-state index contributed by atoms with van der Waals surface area (Å²) in [6.07, 6.45) is 3.24. The maximum atomic E-state index is 12.7. The van der Waals surface area contributed by atoms with Crippen molar-refractivity contribution in [1.82, 2.24) is 0 Å². The molecule has 0 spiro atoms. The van der Waals surface area contributed by atoms with Crippen molar-refractivity contribution >= 4 is 28.3 Å². The van der Waals surface area contributed by atoms with Crippen molar-refractivity contribution in [3.05, 3.63) is 39.3 Å². The Balaban J connectivity index is 1.72. The van der Waals surface area contributed by atoms with Crippen molar-refractivity contribution in [2.75, 3.05) is 26.1 Å². The van der Waals surface area contributed by atoms with E-state index in [0.717, 1.165) is 31.2 Å². The summed E-state index contributed by atoms with van der Waals surface area (Å²) in [7, 11) is 3.00. The van der Waals surface area contributed by atoms with Gasteiger partial charge in [-0.2, -0.15) is 0 Å². The van der Waals surface area contributed by atoms with Gasteiger partial charge in [0.2, 0.25) is 6.23 Å². The lowest BCUT2D eigenvalue weighted by molar-refractivity contribution is 0.0435. The molecule has 0 amide bonds. The SMILES string of the molecule is CCOC(=O)c1c(N[C@@H]2OC(=O)c3c2ccc(OC)c3OC)sc2c1CCCC2. The molecule has 7 nitrogen and oxygen atoms in total. The first kappa shape index (κ1) is 19.6. The molecule has 2 aromatic rings. The number of hydrogen-bond donors (Lipinski definition) is 1. The summed E-state index contributed by atoms with van der Waals surface area (Å²) in [5.74, 6) is -0.0310. The second-order valence-corrected chi connectivity index (χ2v) is 7.94. The summed E-state index contributed by atoms with van der Waals surface area (Å²) in [4.78, 5) is 26.4. The highest BCUT2D eigenvalue weighted by Gasteiger charge is 2.37. The minimum Gasteiger partial charge on any atom is -0.493 e. The van der Waals surface area contributed by atoms with E-state index in [1.165, 1.54) is 30.4 Å². The molecule has 154 valence electrons. The van der Waals surface area contributed by atoms with Gasteiger partial charge in [0.05, 0.1) is 26.4 Å². The number of methoxy groups -OCH3 is 2. The lowest BCUT2D eigenvalue weighted by Gasteiger charge is -2.16. The van der Waals surface area contributed by atoms with Crippen LogP contribution in [-0.2, 0) is 22.3 Å². The molecule has 8 heteroatoms. The number of ether oxygens (including phenoxy) is 4. The molecule has 2 aliphatic rings. The van der Waals surface area contributed by atoms with Crippen LogP contribution in [0.4, 0.5) is 5.00 Å². The summed E-state index contributed by atoms with van der Waals surface area (Å²) < 4.78 is 21.5. The molecule has 1 aromatic heterocycles. The zero-order valence-electron chi connectivity index (χ0n) is 16.6. The minimum absolute atomic E-state index is 0.307. The molecular formula is C21H23NO6S. The van der Waals surface area contributed by atoms with Crippen LogP contribution in [0.15, 0.2) is 12.1 Å². The third-order valence-electron chi connectivity index (χ3n) is 5.20. The molecule has 1 aliphatic carbocycles. The van der Waals surface area contributed by atoms with Crippen molar-refractivity contribution in [1.29, 1.82) is 0 Å². The van der Waals surface area contributed by atoms with Crippen molar-refractivity contribution in [2.24, 2.45) is 0 Å². The highest BCUT2D eigenvalue weighted by molar-refractivity contribution is 7.16. The van der Waals surface area contributed by atoms with Crippen LogP contribution in [0.2, 0.25) is 0 Å². The molecule has 1 atom stereocenters. The van der Waals surface area contributed by atoms with Gasteiger partial charge >= 0.3 is 11.9 Å². The number of aryl methyl sites for hydroxylation is 1. The van der Waals surface area contributed by atoms with Gasteiger partial charge in [0.1, 0.15) is 10.6 Å². The highest BCUT2D eigenvalue weighted by Crippen LogP contribution is 2.45. The largest absolute Gasteiger partial charge is 0.493 e. The normalized spacial score (nSPS) is 17.2. The Morgan fingerprint density at radius 3 is 2.76 bits per heavy atom. The summed E-state index contributed by atoms with van der Waals surface area (Å²) >= 11 is 1.54. The van der Waals surface area contributed by atoms with Gasteiger partial charge < -0.3 is 24.3 Å². The summed E-state index contributed by atoms with van der Waals surface area (Å²) in [5, 5.41) is 3.94. The fraction of sp³-hybridized carbons (Fsp3) is 0.429. The maximum Gasteiger partial charge on any atom is 0.344 e. The number of thiophene rings is 1. The van der Waals surface area contributed by atoms with E-state index >= 15 is 0 Å². The summed E-state index contributed by atoms with van der Waals surface area (Å²) in [6.45, 7) is 2.10. The van der Waals surface area contributed by atoms with Crippen LogP contribution >= 0.6 is 11.3 Å². The topological polar surface area (TPSA) is 83.1 Å². The Kier molecular flexibility index (Phi) is 5.36. The predicted octanol–water partition coefficient (Wildman–Crippen LogP) is 4.10. The van der Waals surface area contributed by atoms with Crippen molar-refractivity contribution in [2.45, 2.75) is 38.8 Å². The van der Waals surface area contributed by atoms with Gasteiger partial charge in [0, 0.05) is 10.4 Å². The molecule has 0 unspecified atom stereocenters. The third-order valence-corrected chi connectivity index (χ3v) is 6.43. The Labute approximate surface area is 172 Å². The van der Waals surface area contributed by atoms with E-state index in [0.29, 0.717) is 39.8 Å². The number of cyclic esters (lactones) is 1. The van der Waals surface area contributed by atoms with Gasteiger partial charge in [-0.05, 0) is 50.3 Å². The number of nitrogens with one attached hydrogen (secondary N) is 1. The number of benzene rings is 1. The van der Waals surface area contributed by atoms with E-state index in [4.69, 9.17) is 18.9 Å².